The molecule has 1 saturated carbocycles. The Morgan fingerprint density at radius 2 is 1.95 bits per heavy atom. The first kappa shape index (κ1) is 17.0. The average molecular weight is 303 g/mol. The number of carbonyl (C=O) groups is 1. The number of benzene rings is 1. The van der Waals surface area contributed by atoms with Gasteiger partial charge in [0.1, 0.15) is 6.04 Å². The van der Waals surface area contributed by atoms with Crippen molar-refractivity contribution >= 4 is 5.91 Å². The topological polar surface area (TPSA) is 58.4 Å². The summed E-state index contributed by atoms with van der Waals surface area (Å²) in [5, 5.41) is 3.27. The van der Waals surface area contributed by atoms with Gasteiger partial charge in [0.2, 0.25) is 5.91 Å². The van der Waals surface area contributed by atoms with E-state index in [9.17, 15) is 4.79 Å². The van der Waals surface area contributed by atoms with Crippen LogP contribution in [0.5, 0.6) is 0 Å². The maximum Gasteiger partial charge on any atom is 0.242 e. The van der Waals surface area contributed by atoms with Gasteiger partial charge in [-0.15, -0.1) is 0 Å². The Balaban J connectivity index is 2.16. The maximum absolute atomic E-state index is 12.9. The lowest BCUT2D eigenvalue weighted by molar-refractivity contribution is -0.127. The quantitative estimate of drug-likeness (QED) is 0.812. The fourth-order valence-electron chi connectivity index (χ4n) is 3.52. The Morgan fingerprint density at radius 1 is 1.27 bits per heavy atom. The van der Waals surface area contributed by atoms with Gasteiger partial charge in [0.05, 0.1) is 0 Å². The highest BCUT2D eigenvalue weighted by Gasteiger charge is 2.32. The molecule has 1 aromatic carbocycles. The van der Waals surface area contributed by atoms with Crippen molar-refractivity contribution in [3.8, 4) is 0 Å². The minimum absolute atomic E-state index is 0.111. The second kappa shape index (κ2) is 8.30. The highest BCUT2D eigenvalue weighted by atomic mass is 16.2. The summed E-state index contributed by atoms with van der Waals surface area (Å²) < 4.78 is 0. The summed E-state index contributed by atoms with van der Waals surface area (Å²) >= 11 is 0. The first-order valence-corrected chi connectivity index (χ1v) is 8.50. The third-order valence-corrected chi connectivity index (χ3v) is 4.83. The summed E-state index contributed by atoms with van der Waals surface area (Å²) in [6.07, 6.45) is 3.34. The van der Waals surface area contributed by atoms with Crippen LogP contribution >= 0.6 is 0 Å². The van der Waals surface area contributed by atoms with E-state index in [0.29, 0.717) is 12.5 Å². The van der Waals surface area contributed by atoms with Crippen LogP contribution in [0.4, 0.5) is 0 Å². The van der Waals surface area contributed by atoms with Gasteiger partial charge < -0.3 is 11.1 Å². The van der Waals surface area contributed by atoms with Gasteiger partial charge in [-0.3, -0.25) is 9.69 Å². The Morgan fingerprint density at radius 3 is 2.55 bits per heavy atom. The van der Waals surface area contributed by atoms with Gasteiger partial charge >= 0.3 is 0 Å². The molecule has 1 amide bonds. The molecular formula is C18H29N3O. The number of nitrogens with zero attached hydrogens (tertiary/aromatic N) is 1. The van der Waals surface area contributed by atoms with E-state index in [1.807, 2.05) is 30.3 Å². The molecule has 0 saturated heterocycles. The van der Waals surface area contributed by atoms with E-state index in [-0.39, 0.29) is 18.0 Å². The van der Waals surface area contributed by atoms with Crippen molar-refractivity contribution in [3.05, 3.63) is 35.9 Å². The molecule has 3 N–H and O–H groups in total. The number of carbonyl (C=O) groups excluding carboxylic acids is 1. The lowest BCUT2D eigenvalue weighted by Crippen LogP contribution is -2.46. The minimum Gasteiger partial charge on any atom is -0.351 e. The van der Waals surface area contributed by atoms with E-state index in [0.717, 1.165) is 37.9 Å². The van der Waals surface area contributed by atoms with Gasteiger partial charge in [-0.1, -0.05) is 50.6 Å². The number of hydrogen-bond donors (Lipinski definition) is 2. The summed E-state index contributed by atoms with van der Waals surface area (Å²) in [5.41, 5.74) is 6.90. The van der Waals surface area contributed by atoms with Crippen LogP contribution in [0.2, 0.25) is 0 Å². The SMILES string of the molecule is CCN(CC)C(C(=O)NC1CCCC1CN)c1ccccc1. The Hall–Kier alpha value is -1.39. The van der Waals surface area contributed by atoms with Crippen molar-refractivity contribution in [2.75, 3.05) is 19.6 Å². The van der Waals surface area contributed by atoms with Gasteiger partial charge in [0, 0.05) is 6.04 Å². The van der Waals surface area contributed by atoms with Crippen LogP contribution in [0.15, 0.2) is 30.3 Å². The smallest absolute Gasteiger partial charge is 0.242 e. The molecule has 0 bridgehead atoms. The summed E-state index contributed by atoms with van der Waals surface area (Å²) in [5.74, 6) is 0.539. The van der Waals surface area contributed by atoms with Crippen molar-refractivity contribution in [3.63, 3.8) is 0 Å². The highest BCUT2D eigenvalue weighted by molar-refractivity contribution is 5.83. The number of nitrogens with two attached hydrogens (primary N) is 1. The fourth-order valence-corrected chi connectivity index (χ4v) is 3.52. The van der Waals surface area contributed by atoms with Crippen LogP contribution in [-0.2, 0) is 4.79 Å². The van der Waals surface area contributed by atoms with Gasteiger partial charge in [0.25, 0.3) is 0 Å². The summed E-state index contributed by atoms with van der Waals surface area (Å²) in [4.78, 5) is 15.1. The van der Waals surface area contributed by atoms with E-state index in [1.165, 1.54) is 0 Å². The van der Waals surface area contributed by atoms with Crippen LogP contribution in [0, 0.1) is 5.92 Å². The Bertz CT molecular complexity index is 459. The van der Waals surface area contributed by atoms with E-state index >= 15 is 0 Å². The number of nitrogens with one attached hydrogen (secondary N) is 1. The molecule has 4 heteroatoms. The van der Waals surface area contributed by atoms with Crippen LogP contribution in [0.1, 0.15) is 44.7 Å². The predicted molar refractivity (Wildman–Crippen MR) is 90.4 cm³/mol. The van der Waals surface area contributed by atoms with Crippen LogP contribution < -0.4 is 11.1 Å². The van der Waals surface area contributed by atoms with Crippen LogP contribution in [0.25, 0.3) is 0 Å². The molecule has 1 fully saturated rings. The Labute approximate surface area is 134 Å². The zero-order chi connectivity index (χ0) is 15.9. The number of rotatable bonds is 7. The van der Waals surface area contributed by atoms with Crippen LogP contribution in [-0.4, -0.2) is 36.5 Å². The van der Waals surface area contributed by atoms with E-state index in [1.54, 1.807) is 0 Å². The summed E-state index contributed by atoms with van der Waals surface area (Å²) in [6, 6.07) is 10.1. The molecule has 3 unspecified atom stereocenters. The van der Waals surface area contributed by atoms with E-state index < -0.39 is 0 Å². The molecule has 0 aliphatic heterocycles. The fraction of sp³-hybridized carbons (Fsp3) is 0.611. The summed E-state index contributed by atoms with van der Waals surface area (Å²) in [7, 11) is 0. The molecule has 3 atom stereocenters. The van der Waals surface area contributed by atoms with Gasteiger partial charge in [0.15, 0.2) is 0 Å². The van der Waals surface area contributed by atoms with Gasteiger partial charge in [-0.2, -0.15) is 0 Å². The highest BCUT2D eigenvalue weighted by Crippen LogP contribution is 2.27. The molecule has 1 aliphatic rings. The molecule has 122 valence electrons. The van der Waals surface area contributed by atoms with Crippen LogP contribution in [0.3, 0.4) is 0 Å². The van der Waals surface area contributed by atoms with Crippen molar-refractivity contribution in [2.45, 2.75) is 45.2 Å². The number of amides is 1. The number of hydrogen-bond acceptors (Lipinski definition) is 3. The second-order valence-electron chi connectivity index (χ2n) is 6.08. The maximum atomic E-state index is 12.9. The molecular weight excluding hydrogens is 274 g/mol. The molecule has 0 aromatic heterocycles. The average Bonchev–Trinajstić information content (AvgIpc) is 3.00. The molecule has 1 aliphatic carbocycles. The largest absolute Gasteiger partial charge is 0.351 e. The molecule has 1 aromatic rings. The first-order valence-electron chi connectivity index (χ1n) is 8.50. The third-order valence-electron chi connectivity index (χ3n) is 4.83. The van der Waals surface area contributed by atoms with Crippen molar-refractivity contribution in [2.24, 2.45) is 11.7 Å². The zero-order valence-electron chi connectivity index (χ0n) is 13.8. The van der Waals surface area contributed by atoms with Gasteiger partial charge in [-0.05, 0) is 44.0 Å². The first-order chi connectivity index (χ1) is 10.7. The molecule has 4 nitrogen and oxygen atoms in total. The van der Waals surface area contributed by atoms with E-state index in [4.69, 9.17) is 5.73 Å². The second-order valence-corrected chi connectivity index (χ2v) is 6.08. The van der Waals surface area contributed by atoms with Crippen molar-refractivity contribution in [1.29, 1.82) is 0 Å². The number of likely N-dealkylation sites (N-methyl/N-ethyl adjacent to an activating group) is 1. The van der Waals surface area contributed by atoms with E-state index in [2.05, 4.69) is 24.1 Å². The zero-order valence-corrected chi connectivity index (χ0v) is 13.8. The molecule has 0 radical (unpaired) electrons. The standard InChI is InChI=1S/C18H29N3O/c1-3-21(4-2)17(14-9-6-5-7-10-14)18(22)20-16-12-8-11-15(16)13-19/h5-7,9-10,15-17H,3-4,8,11-13,19H2,1-2H3,(H,20,22). The third kappa shape index (κ3) is 3.87. The van der Waals surface area contributed by atoms with Crippen molar-refractivity contribution in [1.82, 2.24) is 10.2 Å². The lowest BCUT2D eigenvalue weighted by atomic mass is 10.0. The summed E-state index contributed by atoms with van der Waals surface area (Å²) in [6.45, 7) is 6.57. The molecule has 2 rings (SSSR count). The Kier molecular flexibility index (Phi) is 6.40. The minimum atomic E-state index is -0.213. The monoisotopic (exact) mass is 303 g/mol. The van der Waals surface area contributed by atoms with Gasteiger partial charge in [-0.25, -0.2) is 0 Å². The van der Waals surface area contributed by atoms with Crippen molar-refractivity contribution < 1.29 is 4.79 Å². The normalized spacial score (nSPS) is 22.7. The molecule has 0 heterocycles. The molecule has 22 heavy (non-hydrogen) atoms. The molecule has 0 spiro atoms. The predicted octanol–water partition coefficient (Wildman–Crippen LogP) is 2.31. The lowest BCUT2D eigenvalue weighted by Gasteiger charge is -2.31.